The fraction of sp³-hybridized carbons (Fsp3) is 0.400. The van der Waals surface area contributed by atoms with Crippen molar-refractivity contribution in [3.05, 3.63) is 53.9 Å². The molecule has 2 aromatic carbocycles. The van der Waals surface area contributed by atoms with Gasteiger partial charge in [0.25, 0.3) is 0 Å². The lowest BCUT2D eigenvalue weighted by Crippen LogP contribution is -2.37. The number of benzene rings is 2. The molecular weight excluding hydrogens is 374 g/mol. The van der Waals surface area contributed by atoms with Gasteiger partial charge in [-0.25, -0.2) is 4.98 Å². The first kappa shape index (κ1) is 18.2. The monoisotopic (exact) mass is 401 g/mol. The van der Waals surface area contributed by atoms with E-state index in [-0.39, 0.29) is 0 Å². The summed E-state index contributed by atoms with van der Waals surface area (Å²) in [6.07, 6.45) is 8.16. The molecule has 0 saturated carbocycles. The molecule has 0 N–H and O–H groups in total. The summed E-state index contributed by atoms with van der Waals surface area (Å²) in [6, 6.07) is 11.4. The molecule has 0 spiro atoms. The van der Waals surface area contributed by atoms with Gasteiger partial charge in [-0.1, -0.05) is 6.07 Å². The second-order valence-corrected chi connectivity index (χ2v) is 8.48. The van der Waals surface area contributed by atoms with Gasteiger partial charge in [-0.3, -0.25) is 4.90 Å². The number of morpholine rings is 1. The van der Waals surface area contributed by atoms with Gasteiger partial charge >= 0.3 is 0 Å². The van der Waals surface area contributed by atoms with Crippen LogP contribution in [-0.4, -0.2) is 47.3 Å². The number of hydrogen-bond donors (Lipinski definition) is 0. The molecule has 154 valence electrons. The Labute approximate surface area is 176 Å². The van der Waals surface area contributed by atoms with Crippen molar-refractivity contribution in [2.24, 2.45) is 0 Å². The maximum absolute atomic E-state index is 5.58. The van der Waals surface area contributed by atoms with E-state index in [9.17, 15) is 0 Å². The Bertz CT molecular complexity index is 1190. The predicted octanol–water partition coefficient (Wildman–Crippen LogP) is 4.66. The van der Waals surface area contributed by atoms with Gasteiger partial charge in [-0.15, -0.1) is 0 Å². The molecular formula is C25H27N3O2. The van der Waals surface area contributed by atoms with Crippen molar-refractivity contribution in [3.63, 3.8) is 0 Å². The molecule has 0 unspecified atom stereocenters. The fourth-order valence-corrected chi connectivity index (χ4v) is 5.30. The Morgan fingerprint density at radius 1 is 0.967 bits per heavy atom. The highest BCUT2D eigenvalue weighted by Gasteiger charge is 2.21. The molecule has 2 aromatic heterocycles. The van der Waals surface area contributed by atoms with Gasteiger partial charge < -0.3 is 13.7 Å². The number of fused-ring (bicyclic) bond motifs is 5. The maximum atomic E-state index is 5.58. The number of nitrogens with zero attached hydrogens (tertiary/aromatic N) is 3. The van der Waals surface area contributed by atoms with E-state index in [2.05, 4.69) is 44.8 Å². The van der Waals surface area contributed by atoms with Gasteiger partial charge in [0, 0.05) is 53.5 Å². The molecule has 0 amide bonds. The molecule has 5 nitrogen and oxygen atoms in total. The largest absolute Gasteiger partial charge is 0.445 e. The van der Waals surface area contributed by atoms with Crippen molar-refractivity contribution in [1.82, 2.24) is 14.5 Å². The minimum Gasteiger partial charge on any atom is -0.445 e. The van der Waals surface area contributed by atoms with Crippen LogP contribution in [-0.2, 0) is 24.1 Å². The van der Waals surface area contributed by atoms with Crippen LogP contribution in [0.4, 0.5) is 0 Å². The Kier molecular flexibility index (Phi) is 4.58. The van der Waals surface area contributed by atoms with Crippen LogP contribution in [0.3, 0.4) is 0 Å². The number of rotatable bonds is 5. The number of oxazole rings is 1. The zero-order valence-electron chi connectivity index (χ0n) is 17.3. The molecule has 0 atom stereocenters. The van der Waals surface area contributed by atoms with Crippen LogP contribution in [0.1, 0.15) is 24.0 Å². The van der Waals surface area contributed by atoms with Gasteiger partial charge in [0.1, 0.15) is 6.26 Å². The molecule has 5 heteroatoms. The summed E-state index contributed by atoms with van der Waals surface area (Å²) >= 11 is 0. The van der Waals surface area contributed by atoms with E-state index >= 15 is 0 Å². The van der Waals surface area contributed by atoms with E-state index in [0.717, 1.165) is 51.4 Å². The van der Waals surface area contributed by atoms with Gasteiger partial charge in [0.05, 0.1) is 19.4 Å². The van der Waals surface area contributed by atoms with Crippen molar-refractivity contribution >= 4 is 21.8 Å². The van der Waals surface area contributed by atoms with Crippen LogP contribution in [0.25, 0.3) is 33.3 Å². The van der Waals surface area contributed by atoms with Gasteiger partial charge in [0.2, 0.25) is 5.89 Å². The summed E-state index contributed by atoms with van der Waals surface area (Å²) in [6.45, 7) is 6.01. The van der Waals surface area contributed by atoms with E-state index in [1.807, 2.05) is 0 Å². The summed E-state index contributed by atoms with van der Waals surface area (Å²) in [4.78, 5) is 6.89. The lowest BCUT2D eigenvalue weighted by atomic mass is 10.0. The third-order valence-corrected chi connectivity index (χ3v) is 6.75. The third kappa shape index (κ3) is 3.04. The number of aromatic nitrogens is 2. The van der Waals surface area contributed by atoms with Crippen LogP contribution in [0.5, 0.6) is 0 Å². The average molecular weight is 402 g/mol. The molecule has 0 bridgehead atoms. The first-order valence-electron chi connectivity index (χ1n) is 11.2. The normalized spacial score (nSPS) is 17.2. The molecule has 1 aliphatic carbocycles. The summed E-state index contributed by atoms with van der Waals surface area (Å²) in [5.41, 5.74) is 6.82. The summed E-state index contributed by atoms with van der Waals surface area (Å²) in [5.74, 6) is 0.692. The molecule has 0 radical (unpaired) electrons. The van der Waals surface area contributed by atoms with Crippen LogP contribution in [0.15, 0.2) is 47.2 Å². The topological polar surface area (TPSA) is 43.4 Å². The molecule has 3 heterocycles. The third-order valence-electron chi connectivity index (χ3n) is 6.75. The first-order chi connectivity index (χ1) is 14.9. The first-order valence-corrected chi connectivity index (χ1v) is 11.2. The molecule has 1 fully saturated rings. The van der Waals surface area contributed by atoms with Gasteiger partial charge in [0.15, 0.2) is 0 Å². The SMILES string of the molecule is c1coc(-c2ccc3c(c2)c2c4c(ccc2n3CCCN2CCOCC2)CCC4)n1. The van der Waals surface area contributed by atoms with E-state index in [0.29, 0.717) is 5.89 Å². The van der Waals surface area contributed by atoms with Crippen LogP contribution in [0.2, 0.25) is 0 Å². The lowest BCUT2D eigenvalue weighted by Gasteiger charge is -2.26. The van der Waals surface area contributed by atoms with Gasteiger partial charge in [-0.2, -0.15) is 0 Å². The standard InChI is InChI=1S/C25H27N3O2/c1-3-18-5-8-23-24(20(18)4-1)21-17-19(25-26-9-14-30-25)6-7-22(21)28(23)11-2-10-27-12-15-29-16-13-27/h5-9,14,17H,1-4,10-13,15-16H2. The van der Waals surface area contributed by atoms with E-state index in [1.165, 1.54) is 46.6 Å². The van der Waals surface area contributed by atoms with E-state index < -0.39 is 0 Å². The predicted molar refractivity (Wildman–Crippen MR) is 119 cm³/mol. The molecule has 6 rings (SSSR count). The van der Waals surface area contributed by atoms with Crippen LogP contribution < -0.4 is 0 Å². The minimum atomic E-state index is 0.692. The zero-order chi connectivity index (χ0) is 19.9. The van der Waals surface area contributed by atoms with Crippen molar-refractivity contribution in [2.75, 3.05) is 32.8 Å². The maximum Gasteiger partial charge on any atom is 0.225 e. The average Bonchev–Trinajstić information content (AvgIpc) is 3.53. The summed E-state index contributed by atoms with van der Waals surface area (Å²) in [5, 5.41) is 2.78. The summed E-state index contributed by atoms with van der Waals surface area (Å²) < 4.78 is 13.6. The second kappa shape index (κ2) is 7.56. The Morgan fingerprint density at radius 3 is 2.73 bits per heavy atom. The quantitative estimate of drug-likeness (QED) is 0.488. The van der Waals surface area contributed by atoms with Crippen molar-refractivity contribution in [2.45, 2.75) is 32.2 Å². The molecule has 4 aromatic rings. The minimum absolute atomic E-state index is 0.692. The van der Waals surface area contributed by atoms with Gasteiger partial charge in [-0.05, 0) is 61.1 Å². The number of hydrogen-bond acceptors (Lipinski definition) is 4. The molecule has 2 aliphatic rings. The number of aryl methyl sites for hydroxylation is 3. The molecule has 30 heavy (non-hydrogen) atoms. The van der Waals surface area contributed by atoms with Crippen LogP contribution >= 0.6 is 0 Å². The van der Waals surface area contributed by atoms with Crippen molar-refractivity contribution in [1.29, 1.82) is 0 Å². The number of ether oxygens (including phenoxy) is 1. The highest BCUT2D eigenvalue weighted by Crippen LogP contribution is 2.38. The smallest absolute Gasteiger partial charge is 0.225 e. The highest BCUT2D eigenvalue weighted by molar-refractivity contribution is 6.11. The van der Waals surface area contributed by atoms with E-state index in [1.54, 1.807) is 18.0 Å². The Morgan fingerprint density at radius 2 is 1.87 bits per heavy atom. The van der Waals surface area contributed by atoms with Crippen LogP contribution in [0, 0.1) is 0 Å². The van der Waals surface area contributed by atoms with Crippen molar-refractivity contribution in [3.8, 4) is 11.5 Å². The fourth-order valence-electron chi connectivity index (χ4n) is 5.30. The van der Waals surface area contributed by atoms with Crippen molar-refractivity contribution < 1.29 is 9.15 Å². The summed E-state index contributed by atoms with van der Waals surface area (Å²) in [7, 11) is 0. The second-order valence-electron chi connectivity index (χ2n) is 8.48. The highest BCUT2D eigenvalue weighted by atomic mass is 16.5. The van der Waals surface area contributed by atoms with E-state index in [4.69, 9.17) is 9.15 Å². The Balaban J connectivity index is 1.43. The molecule has 1 aliphatic heterocycles. The Hall–Kier alpha value is -2.63. The lowest BCUT2D eigenvalue weighted by molar-refractivity contribution is 0.0370. The molecule has 1 saturated heterocycles. The zero-order valence-corrected chi connectivity index (χ0v) is 17.3.